The van der Waals surface area contributed by atoms with Crippen LogP contribution in [0.2, 0.25) is 0 Å². The lowest BCUT2D eigenvalue weighted by molar-refractivity contribution is 0.440. The van der Waals surface area contributed by atoms with E-state index in [9.17, 15) is 25.6 Å². The first-order valence-corrected chi connectivity index (χ1v) is 9.72. The molecule has 1 heterocycles. The fraction of sp³-hybridized carbons (Fsp3) is 0.385. The number of rotatable bonds is 6. The molecular weight excluding hydrogens is 350 g/mol. The number of hydrogen-bond acceptors (Lipinski definition) is 4. The van der Waals surface area contributed by atoms with E-state index in [0.29, 0.717) is 6.42 Å². The monoisotopic (exact) mass is 366 g/mol. The molecule has 0 aliphatic carbocycles. The second-order valence-electron chi connectivity index (χ2n) is 5.13. The minimum absolute atomic E-state index is 0.0181. The summed E-state index contributed by atoms with van der Waals surface area (Å²) in [7, 11) is -7.91. The molecule has 1 unspecified atom stereocenters. The Morgan fingerprint density at radius 2 is 1.87 bits per heavy atom. The average Bonchev–Trinajstić information content (AvgIpc) is 2.94. The topological polar surface area (TPSA) is 83.6 Å². The summed E-state index contributed by atoms with van der Waals surface area (Å²) in [6, 6.07) is 2.84. The quantitative estimate of drug-likeness (QED) is 0.815. The average molecular weight is 366 g/mol. The van der Waals surface area contributed by atoms with Gasteiger partial charge in [0, 0.05) is 25.0 Å². The maximum atomic E-state index is 13.7. The molecule has 1 N–H and O–H groups in total. The lowest BCUT2D eigenvalue weighted by Crippen LogP contribution is -2.33. The molecule has 1 saturated heterocycles. The zero-order chi connectivity index (χ0) is 17.3. The second-order valence-corrected chi connectivity index (χ2v) is 8.72. The van der Waals surface area contributed by atoms with Crippen LogP contribution in [0.3, 0.4) is 0 Å². The highest BCUT2D eigenvalue weighted by Gasteiger charge is 2.36. The van der Waals surface area contributed by atoms with E-state index in [4.69, 9.17) is 0 Å². The van der Waals surface area contributed by atoms with Crippen molar-refractivity contribution in [3.63, 3.8) is 0 Å². The van der Waals surface area contributed by atoms with Gasteiger partial charge >= 0.3 is 0 Å². The van der Waals surface area contributed by atoms with Gasteiger partial charge in [0.15, 0.2) is 4.90 Å². The van der Waals surface area contributed by atoms with E-state index >= 15 is 0 Å². The molecule has 0 aromatic heterocycles. The van der Waals surface area contributed by atoms with E-state index < -0.39 is 36.6 Å². The summed E-state index contributed by atoms with van der Waals surface area (Å²) in [5, 5.41) is 0.755. The maximum Gasteiger partial charge on any atom is 0.248 e. The van der Waals surface area contributed by atoms with Crippen LogP contribution < -0.4 is 4.72 Å². The fourth-order valence-electron chi connectivity index (χ4n) is 2.33. The molecule has 0 spiro atoms. The summed E-state index contributed by atoms with van der Waals surface area (Å²) in [6.45, 7) is 3.23. The summed E-state index contributed by atoms with van der Waals surface area (Å²) < 4.78 is 77.9. The molecule has 23 heavy (non-hydrogen) atoms. The van der Waals surface area contributed by atoms with Crippen LogP contribution in [0.4, 0.5) is 8.78 Å². The van der Waals surface area contributed by atoms with Crippen molar-refractivity contribution in [2.24, 2.45) is 5.92 Å². The number of hydrogen-bond donors (Lipinski definition) is 1. The number of benzene rings is 1. The molecule has 0 bridgehead atoms. The van der Waals surface area contributed by atoms with Crippen molar-refractivity contribution >= 4 is 20.0 Å². The molecule has 1 atom stereocenters. The Morgan fingerprint density at radius 3 is 2.43 bits per heavy atom. The van der Waals surface area contributed by atoms with Crippen LogP contribution in [0.5, 0.6) is 0 Å². The molecule has 128 valence electrons. The summed E-state index contributed by atoms with van der Waals surface area (Å²) in [6.07, 6.45) is 0.384. The molecule has 6 nitrogen and oxygen atoms in total. The SMILES string of the molecule is C=CS(=O)(=O)NCC1CCN(S(=O)(=O)c2c(F)cccc2F)C1. The molecule has 1 fully saturated rings. The van der Waals surface area contributed by atoms with Crippen molar-refractivity contribution in [1.29, 1.82) is 0 Å². The highest BCUT2D eigenvalue weighted by atomic mass is 32.2. The van der Waals surface area contributed by atoms with Crippen molar-refractivity contribution < 1.29 is 25.6 Å². The van der Waals surface area contributed by atoms with Crippen molar-refractivity contribution in [2.75, 3.05) is 19.6 Å². The van der Waals surface area contributed by atoms with E-state index in [1.165, 1.54) is 0 Å². The van der Waals surface area contributed by atoms with Crippen molar-refractivity contribution in [3.8, 4) is 0 Å². The number of sulfonamides is 2. The highest BCUT2D eigenvalue weighted by molar-refractivity contribution is 7.92. The molecule has 1 aromatic rings. The second kappa shape index (κ2) is 6.63. The third kappa shape index (κ3) is 3.94. The van der Waals surface area contributed by atoms with Gasteiger partial charge in [-0.1, -0.05) is 12.6 Å². The van der Waals surface area contributed by atoms with Crippen LogP contribution in [0.15, 0.2) is 35.1 Å². The Labute approximate surface area is 133 Å². The van der Waals surface area contributed by atoms with Crippen LogP contribution in [0, 0.1) is 17.6 Å². The van der Waals surface area contributed by atoms with Crippen LogP contribution in [0.25, 0.3) is 0 Å². The smallest absolute Gasteiger partial charge is 0.211 e. The Bertz CT molecular complexity index is 789. The molecular formula is C13H16F2N2O4S2. The van der Waals surface area contributed by atoms with Gasteiger partial charge in [-0.3, -0.25) is 0 Å². The predicted molar refractivity (Wildman–Crippen MR) is 80.3 cm³/mol. The van der Waals surface area contributed by atoms with E-state index in [0.717, 1.165) is 27.9 Å². The van der Waals surface area contributed by atoms with Gasteiger partial charge in [-0.25, -0.2) is 30.3 Å². The highest BCUT2D eigenvalue weighted by Crippen LogP contribution is 2.27. The van der Waals surface area contributed by atoms with E-state index in [-0.39, 0.29) is 25.6 Å². The molecule has 0 amide bonds. The van der Waals surface area contributed by atoms with Crippen LogP contribution in [-0.2, 0) is 20.0 Å². The van der Waals surface area contributed by atoms with Gasteiger partial charge in [-0.15, -0.1) is 0 Å². The molecule has 10 heteroatoms. The van der Waals surface area contributed by atoms with E-state index in [1.54, 1.807) is 0 Å². The van der Waals surface area contributed by atoms with E-state index in [1.807, 2.05) is 0 Å². The zero-order valence-corrected chi connectivity index (χ0v) is 13.7. The summed E-state index contributed by atoms with van der Waals surface area (Å²) in [4.78, 5) is -0.979. The lowest BCUT2D eigenvalue weighted by atomic mass is 10.1. The summed E-state index contributed by atoms with van der Waals surface area (Å²) in [5.41, 5.74) is 0. The summed E-state index contributed by atoms with van der Waals surface area (Å²) >= 11 is 0. The first kappa shape index (κ1) is 18.0. The van der Waals surface area contributed by atoms with Gasteiger partial charge in [-0.05, 0) is 24.5 Å². The molecule has 0 radical (unpaired) electrons. The molecule has 1 aliphatic heterocycles. The van der Waals surface area contributed by atoms with Crippen molar-refractivity contribution in [2.45, 2.75) is 11.3 Å². The fourth-order valence-corrected chi connectivity index (χ4v) is 4.56. The van der Waals surface area contributed by atoms with Gasteiger partial charge in [0.2, 0.25) is 20.0 Å². The van der Waals surface area contributed by atoms with Crippen molar-refractivity contribution in [3.05, 3.63) is 41.8 Å². The third-order valence-electron chi connectivity index (χ3n) is 3.56. The Kier molecular flexibility index (Phi) is 5.19. The Morgan fingerprint density at radius 1 is 1.26 bits per heavy atom. The van der Waals surface area contributed by atoms with Gasteiger partial charge in [0.1, 0.15) is 11.6 Å². The normalized spacial score (nSPS) is 19.8. The van der Waals surface area contributed by atoms with Crippen LogP contribution in [-0.4, -0.2) is 40.8 Å². The largest absolute Gasteiger partial charge is 0.248 e. The first-order chi connectivity index (χ1) is 10.7. The molecule has 0 saturated carbocycles. The number of nitrogens with zero attached hydrogens (tertiary/aromatic N) is 1. The molecule has 1 aromatic carbocycles. The Hall–Kier alpha value is -1.36. The van der Waals surface area contributed by atoms with Gasteiger partial charge in [0.05, 0.1) is 0 Å². The number of nitrogens with one attached hydrogen (secondary N) is 1. The van der Waals surface area contributed by atoms with Crippen molar-refractivity contribution in [1.82, 2.24) is 9.03 Å². The zero-order valence-electron chi connectivity index (χ0n) is 12.1. The first-order valence-electron chi connectivity index (χ1n) is 6.73. The third-order valence-corrected chi connectivity index (χ3v) is 6.48. The minimum Gasteiger partial charge on any atom is -0.211 e. The molecule has 1 aliphatic rings. The minimum atomic E-state index is -4.31. The lowest BCUT2D eigenvalue weighted by Gasteiger charge is -2.17. The van der Waals surface area contributed by atoms with Gasteiger partial charge < -0.3 is 0 Å². The van der Waals surface area contributed by atoms with E-state index in [2.05, 4.69) is 11.3 Å². The maximum absolute atomic E-state index is 13.7. The Balaban J connectivity index is 2.13. The van der Waals surface area contributed by atoms with Crippen LogP contribution in [0.1, 0.15) is 6.42 Å². The standard InChI is InChI=1S/C13H16F2N2O4S2/c1-2-22(18,19)16-8-10-6-7-17(9-10)23(20,21)13-11(14)4-3-5-12(13)15/h2-5,10,16H,1,6-9H2. The number of halogens is 2. The summed E-state index contributed by atoms with van der Waals surface area (Å²) in [5.74, 6) is -2.59. The van der Waals surface area contributed by atoms with Gasteiger partial charge in [0.25, 0.3) is 0 Å². The predicted octanol–water partition coefficient (Wildman–Crippen LogP) is 1.04. The van der Waals surface area contributed by atoms with Crippen LogP contribution >= 0.6 is 0 Å². The van der Waals surface area contributed by atoms with Gasteiger partial charge in [-0.2, -0.15) is 4.31 Å². The molecule has 2 rings (SSSR count).